The lowest BCUT2D eigenvalue weighted by Crippen LogP contribution is -2.04. The van der Waals surface area contributed by atoms with Crippen LogP contribution in [0.25, 0.3) is 0 Å². The van der Waals surface area contributed by atoms with Crippen molar-refractivity contribution in [2.45, 2.75) is 13.0 Å². The molecule has 3 rings (SSSR count). The maximum atomic E-state index is 8.68. The van der Waals surface area contributed by atoms with Crippen LogP contribution in [0.3, 0.4) is 0 Å². The van der Waals surface area contributed by atoms with Gasteiger partial charge in [0.1, 0.15) is 17.6 Å². The molecule has 0 unspecified atom stereocenters. The molecule has 0 radical (unpaired) electrons. The number of nitrogens with zero attached hydrogens (tertiary/aromatic N) is 3. The third kappa shape index (κ3) is 2.58. The van der Waals surface area contributed by atoms with Crippen LogP contribution in [-0.4, -0.2) is 16.8 Å². The van der Waals surface area contributed by atoms with Gasteiger partial charge in [-0.05, 0) is 29.8 Å². The Labute approximate surface area is 124 Å². The van der Waals surface area contributed by atoms with Crippen LogP contribution in [0.2, 0.25) is 0 Å². The Balaban J connectivity index is 1.77. The van der Waals surface area contributed by atoms with Gasteiger partial charge in [0.25, 0.3) is 0 Å². The van der Waals surface area contributed by atoms with Crippen LogP contribution in [0.15, 0.2) is 28.7 Å². The maximum absolute atomic E-state index is 8.68. The summed E-state index contributed by atoms with van der Waals surface area (Å²) in [7, 11) is 0. The average molecular weight is 331 g/mol. The molecule has 100 valence electrons. The highest BCUT2D eigenvalue weighted by molar-refractivity contribution is 9.10. The zero-order valence-electron chi connectivity index (χ0n) is 10.6. The molecule has 0 saturated carbocycles. The number of hydrogen-bond acceptors (Lipinski definition) is 5. The van der Waals surface area contributed by atoms with Crippen molar-refractivity contribution in [3.8, 4) is 11.8 Å². The minimum Gasteiger partial charge on any atom is -0.493 e. The molecular formula is C14H11BrN4O. The third-order valence-corrected chi connectivity index (χ3v) is 3.52. The summed E-state index contributed by atoms with van der Waals surface area (Å²) in [4.78, 5) is 0. The summed E-state index contributed by atoms with van der Waals surface area (Å²) in [6, 6.07) is 9.45. The number of aromatic nitrogens is 2. The number of nitriles is 1. The van der Waals surface area contributed by atoms with Crippen LogP contribution in [0.4, 0.5) is 5.82 Å². The molecule has 0 aliphatic carbocycles. The minimum absolute atomic E-state index is 0.308. The number of halogens is 1. The Morgan fingerprint density at radius 3 is 3.00 bits per heavy atom. The van der Waals surface area contributed by atoms with Crippen LogP contribution in [0, 0.1) is 11.3 Å². The van der Waals surface area contributed by atoms with E-state index in [1.54, 1.807) is 12.1 Å². The monoisotopic (exact) mass is 330 g/mol. The van der Waals surface area contributed by atoms with Crippen molar-refractivity contribution in [2.24, 2.45) is 0 Å². The lowest BCUT2D eigenvalue weighted by molar-refractivity contribution is 0.354. The summed E-state index contributed by atoms with van der Waals surface area (Å²) in [5.74, 6) is 1.60. The Kier molecular flexibility index (Phi) is 3.52. The van der Waals surface area contributed by atoms with E-state index in [0.29, 0.717) is 18.1 Å². The SMILES string of the molecule is N#Cc1ccc(NCc2cc(Br)cc3c2OCC3)nn1. The fraction of sp³-hybridized carbons (Fsp3) is 0.214. The molecule has 6 heteroatoms. The minimum atomic E-state index is 0.308. The van der Waals surface area contributed by atoms with E-state index in [0.717, 1.165) is 28.8 Å². The van der Waals surface area contributed by atoms with Gasteiger partial charge in [-0.2, -0.15) is 5.26 Å². The highest BCUT2D eigenvalue weighted by atomic mass is 79.9. The summed E-state index contributed by atoms with van der Waals surface area (Å²) in [5, 5.41) is 19.6. The van der Waals surface area contributed by atoms with E-state index in [9.17, 15) is 0 Å². The van der Waals surface area contributed by atoms with Gasteiger partial charge in [0.15, 0.2) is 5.69 Å². The van der Waals surface area contributed by atoms with E-state index in [4.69, 9.17) is 10.00 Å². The third-order valence-electron chi connectivity index (χ3n) is 3.06. The molecule has 0 spiro atoms. The molecule has 0 bridgehead atoms. The molecule has 1 aromatic heterocycles. The topological polar surface area (TPSA) is 70.8 Å². The van der Waals surface area contributed by atoms with Crippen molar-refractivity contribution in [3.05, 3.63) is 45.6 Å². The Bertz CT molecular complexity index is 679. The molecule has 1 N–H and O–H groups in total. The van der Waals surface area contributed by atoms with Crippen LogP contribution in [-0.2, 0) is 13.0 Å². The van der Waals surface area contributed by atoms with Crippen molar-refractivity contribution < 1.29 is 4.74 Å². The van der Waals surface area contributed by atoms with Crippen molar-refractivity contribution in [2.75, 3.05) is 11.9 Å². The molecule has 1 aromatic carbocycles. The van der Waals surface area contributed by atoms with E-state index in [1.165, 1.54) is 5.56 Å². The predicted molar refractivity (Wildman–Crippen MR) is 77.4 cm³/mol. The van der Waals surface area contributed by atoms with Gasteiger partial charge < -0.3 is 10.1 Å². The second-order valence-corrected chi connectivity index (χ2v) is 5.34. The van der Waals surface area contributed by atoms with Crippen molar-refractivity contribution in [1.82, 2.24) is 10.2 Å². The van der Waals surface area contributed by atoms with Gasteiger partial charge in [0.05, 0.1) is 6.61 Å². The first kappa shape index (κ1) is 12.9. The normalized spacial score (nSPS) is 12.4. The molecule has 20 heavy (non-hydrogen) atoms. The lowest BCUT2D eigenvalue weighted by atomic mass is 10.1. The largest absolute Gasteiger partial charge is 0.493 e. The highest BCUT2D eigenvalue weighted by Crippen LogP contribution is 2.33. The number of rotatable bonds is 3. The van der Waals surface area contributed by atoms with Gasteiger partial charge in [0.2, 0.25) is 0 Å². The Hall–Kier alpha value is -2.13. The van der Waals surface area contributed by atoms with Gasteiger partial charge in [-0.25, -0.2) is 0 Å². The fourth-order valence-corrected chi connectivity index (χ4v) is 2.70. The first-order valence-corrected chi connectivity index (χ1v) is 6.97. The van der Waals surface area contributed by atoms with Gasteiger partial charge in [-0.1, -0.05) is 15.9 Å². The smallest absolute Gasteiger partial charge is 0.163 e. The van der Waals surface area contributed by atoms with E-state index >= 15 is 0 Å². The average Bonchev–Trinajstić information content (AvgIpc) is 2.93. The van der Waals surface area contributed by atoms with Crippen LogP contribution >= 0.6 is 15.9 Å². The highest BCUT2D eigenvalue weighted by Gasteiger charge is 2.17. The molecular weight excluding hydrogens is 320 g/mol. The molecule has 1 aliphatic heterocycles. The lowest BCUT2D eigenvalue weighted by Gasteiger charge is -2.10. The van der Waals surface area contributed by atoms with Crippen molar-refractivity contribution in [3.63, 3.8) is 0 Å². The van der Waals surface area contributed by atoms with Crippen molar-refractivity contribution in [1.29, 1.82) is 5.26 Å². The van der Waals surface area contributed by atoms with E-state index < -0.39 is 0 Å². The molecule has 1 aliphatic rings. The predicted octanol–water partition coefficient (Wildman–Crippen LogP) is 2.66. The standard InChI is InChI=1S/C14H11BrN4O/c15-11-5-9-3-4-20-14(9)10(6-11)8-17-13-2-1-12(7-16)18-19-13/h1-2,5-6H,3-4,8H2,(H,17,19). The van der Waals surface area contributed by atoms with Gasteiger partial charge in [0, 0.05) is 23.0 Å². The number of anilines is 1. The van der Waals surface area contributed by atoms with E-state index in [-0.39, 0.29) is 0 Å². The van der Waals surface area contributed by atoms with Crippen LogP contribution in [0.5, 0.6) is 5.75 Å². The fourth-order valence-electron chi connectivity index (χ4n) is 2.15. The van der Waals surface area contributed by atoms with E-state index in [1.807, 2.05) is 12.1 Å². The molecule has 5 nitrogen and oxygen atoms in total. The number of ether oxygens (including phenoxy) is 1. The summed E-state index contributed by atoms with van der Waals surface area (Å²) >= 11 is 3.51. The quantitative estimate of drug-likeness (QED) is 0.936. The molecule has 0 saturated heterocycles. The number of fused-ring (bicyclic) bond motifs is 1. The molecule has 0 amide bonds. The molecule has 0 fully saturated rings. The van der Waals surface area contributed by atoms with Crippen molar-refractivity contribution >= 4 is 21.7 Å². The second-order valence-electron chi connectivity index (χ2n) is 4.42. The van der Waals surface area contributed by atoms with Crippen LogP contribution < -0.4 is 10.1 Å². The van der Waals surface area contributed by atoms with Gasteiger partial charge >= 0.3 is 0 Å². The number of hydrogen-bond donors (Lipinski definition) is 1. The van der Waals surface area contributed by atoms with Gasteiger partial charge in [-0.15, -0.1) is 10.2 Å². The number of benzene rings is 1. The molecule has 2 aromatic rings. The summed E-state index contributed by atoms with van der Waals surface area (Å²) < 4.78 is 6.72. The summed E-state index contributed by atoms with van der Waals surface area (Å²) in [6.45, 7) is 1.33. The Morgan fingerprint density at radius 1 is 1.35 bits per heavy atom. The zero-order valence-corrected chi connectivity index (χ0v) is 12.1. The Morgan fingerprint density at radius 2 is 2.25 bits per heavy atom. The zero-order chi connectivity index (χ0) is 13.9. The molecule has 2 heterocycles. The summed E-state index contributed by atoms with van der Waals surface area (Å²) in [6.07, 6.45) is 0.943. The van der Waals surface area contributed by atoms with Gasteiger partial charge in [-0.3, -0.25) is 0 Å². The molecule has 0 atom stereocenters. The number of nitrogens with one attached hydrogen (secondary N) is 1. The first-order chi connectivity index (χ1) is 9.76. The van der Waals surface area contributed by atoms with E-state index in [2.05, 4.69) is 37.5 Å². The van der Waals surface area contributed by atoms with Crippen LogP contribution in [0.1, 0.15) is 16.8 Å². The summed E-state index contributed by atoms with van der Waals surface area (Å²) in [5.41, 5.74) is 2.61. The second kappa shape index (κ2) is 5.47. The maximum Gasteiger partial charge on any atom is 0.163 e. The first-order valence-electron chi connectivity index (χ1n) is 6.18.